The molecule has 1 aromatic rings. The van der Waals surface area contributed by atoms with Gasteiger partial charge in [0.2, 0.25) is 0 Å². The number of nitrogens with two attached hydrogens (primary N) is 1. The molecule has 1 aromatic heterocycles. The third-order valence-electron chi connectivity index (χ3n) is 1.72. The number of anilines is 1. The van der Waals surface area contributed by atoms with Gasteiger partial charge in [0.05, 0.1) is 12.2 Å². The van der Waals surface area contributed by atoms with Crippen LogP contribution in [0.4, 0.5) is 14.5 Å². The van der Waals surface area contributed by atoms with E-state index in [4.69, 9.17) is 5.73 Å². The second-order valence-electron chi connectivity index (χ2n) is 3.17. The Morgan fingerprint density at radius 2 is 2.29 bits per heavy atom. The fourth-order valence-corrected chi connectivity index (χ4v) is 1.16. The summed E-state index contributed by atoms with van der Waals surface area (Å²) in [4.78, 5) is 5.53. The third kappa shape index (κ3) is 3.66. The zero-order valence-electron chi connectivity index (χ0n) is 7.95. The van der Waals surface area contributed by atoms with Gasteiger partial charge >= 0.3 is 0 Å². The molecule has 0 aliphatic rings. The highest BCUT2D eigenvalue weighted by Crippen LogP contribution is 2.06. The van der Waals surface area contributed by atoms with Crippen molar-refractivity contribution in [2.45, 2.75) is 13.0 Å². The lowest BCUT2D eigenvalue weighted by Gasteiger charge is -2.15. The molecule has 1 rings (SSSR count). The molecule has 0 bridgehead atoms. The molecule has 0 saturated heterocycles. The topological polar surface area (TPSA) is 42.1 Å². The van der Waals surface area contributed by atoms with Crippen molar-refractivity contribution in [1.29, 1.82) is 0 Å². The van der Waals surface area contributed by atoms with Gasteiger partial charge in [-0.2, -0.15) is 0 Å². The molecule has 78 valence electrons. The number of rotatable bonds is 4. The first kappa shape index (κ1) is 10.8. The Balaban J connectivity index is 2.51. The summed E-state index contributed by atoms with van der Waals surface area (Å²) in [5.74, 6) is 0. The zero-order valence-corrected chi connectivity index (χ0v) is 7.95. The molecule has 0 unspecified atom stereocenters. The van der Waals surface area contributed by atoms with E-state index in [1.807, 2.05) is 0 Å². The number of hydrogen-bond acceptors (Lipinski definition) is 3. The van der Waals surface area contributed by atoms with E-state index in [2.05, 4.69) is 4.98 Å². The van der Waals surface area contributed by atoms with Crippen molar-refractivity contribution in [2.75, 3.05) is 19.3 Å². The van der Waals surface area contributed by atoms with Crippen molar-refractivity contribution in [2.24, 2.45) is 0 Å². The van der Waals surface area contributed by atoms with E-state index < -0.39 is 6.43 Å². The van der Waals surface area contributed by atoms with Gasteiger partial charge in [-0.1, -0.05) is 0 Å². The monoisotopic (exact) mass is 201 g/mol. The lowest BCUT2D eigenvalue weighted by atomic mass is 10.3. The van der Waals surface area contributed by atoms with Crippen molar-refractivity contribution in [3.8, 4) is 0 Å². The second kappa shape index (κ2) is 4.85. The molecule has 14 heavy (non-hydrogen) atoms. The van der Waals surface area contributed by atoms with Crippen molar-refractivity contribution < 1.29 is 8.78 Å². The molecule has 1 heterocycles. The fraction of sp³-hybridized carbons (Fsp3) is 0.444. The highest BCUT2D eigenvalue weighted by molar-refractivity contribution is 5.37. The summed E-state index contributed by atoms with van der Waals surface area (Å²) in [6.07, 6.45) is -0.748. The van der Waals surface area contributed by atoms with Crippen LogP contribution in [-0.2, 0) is 6.54 Å². The first-order valence-corrected chi connectivity index (χ1v) is 4.25. The molecule has 0 atom stereocenters. The Morgan fingerprint density at radius 3 is 2.86 bits per heavy atom. The van der Waals surface area contributed by atoms with Crippen LogP contribution in [0, 0.1) is 0 Å². The fourth-order valence-electron chi connectivity index (χ4n) is 1.16. The largest absolute Gasteiger partial charge is 0.399 e. The van der Waals surface area contributed by atoms with Gasteiger partial charge < -0.3 is 5.73 Å². The maximum absolute atomic E-state index is 12.0. The van der Waals surface area contributed by atoms with E-state index in [9.17, 15) is 8.78 Å². The van der Waals surface area contributed by atoms with Crippen LogP contribution in [0.1, 0.15) is 5.69 Å². The van der Waals surface area contributed by atoms with Crippen LogP contribution >= 0.6 is 0 Å². The molecule has 0 spiro atoms. The highest BCUT2D eigenvalue weighted by Gasteiger charge is 2.08. The minimum absolute atomic E-state index is 0.253. The van der Waals surface area contributed by atoms with Gasteiger partial charge in [0.1, 0.15) is 0 Å². The second-order valence-corrected chi connectivity index (χ2v) is 3.17. The molecule has 0 amide bonds. The van der Waals surface area contributed by atoms with Gasteiger partial charge in [-0.05, 0) is 19.2 Å². The molecular formula is C9H13F2N3. The summed E-state index contributed by atoms with van der Waals surface area (Å²) < 4.78 is 24.0. The summed E-state index contributed by atoms with van der Waals surface area (Å²) in [6.45, 7) is 0.131. The van der Waals surface area contributed by atoms with Crippen LogP contribution in [0.3, 0.4) is 0 Å². The Bertz CT molecular complexity index is 291. The number of alkyl halides is 2. The molecule has 0 fully saturated rings. The smallest absolute Gasteiger partial charge is 0.251 e. The lowest BCUT2D eigenvalue weighted by molar-refractivity contribution is 0.0971. The Kier molecular flexibility index (Phi) is 3.76. The summed E-state index contributed by atoms with van der Waals surface area (Å²) >= 11 is 0. The maximum atomic E-state index is 12.0. The van der Waals surface area contributed by atoms with Gasteiger partial charge in [0, 0.05) is 18.4 Å². The minimum atomic E-state index is -2.32. The van der Waals surface area contributed by atoms with Crippen LogP contribution in [0.2, 0.25) is 0 Å². The number of pyridine rings is 1. The lowest BCUT2D eigenvalue weighted by Crippen LogP contribution is -2.24. The van der Waals surface area contributed by atoms with E-state index in [0.29, 0.717) is 17.9 Å². The molecule has 2 N–H and O–H groups in total. The normalized spacial score (nSPS) is 11.2. The molecule has 0 aromatic carbocycles. The number of nitrogen functional groups attached to an aromatic ring is 1. The average molecular weight is 201 g/mol. The SMILES string of the molecule is CN(Cc1cc(N)ccn1)CC(F)F. The van der Waals surface area contributed by atoms with E-state index in [0.717, 1.165) is 0 Å². The van der Waals surface area contributed by atoms with Gasteiger partial charge in [-0.3, -0.25) is 9.88 Å². The van der Waals surface area contributed by atoms with Crippen molar-refractivity contribution >= 4 is 5.69 Å². The van der Waals surface area contributed by atoms with Crippen molar-refractivity contribution in [3.05, 3.63) is 24.0 Å². The third-order valence-corrected chi connectivity index (χ3v) is 1.72. The van der Waals surface area contributed by atoms with Crippen molar-refractivity contribution in [3.63, 3.8) is 0 Å². The van der Waals surface area contributed by atoms with Gasteiger partial charge in [0.25, 0.3) is 6.43 Å². The molecule has 0 saturated carbocycles. The Labute approximate surface area is 81.5 Å². The zero-order chi connectivity index (χ0) is 10.6. The first-order chi connectivity index (χ1) is 6.58. The molecular weight excluding hydrogens is 188 g/mol. The number of halogens is 2. The predicted octanol–water partition coefficient (Wildman–Crippen LogP) is 1.36. The van der Waals surface area contributed by atoms with E-state index in [1.54, 1.807) is 25.4 Å². The summed E-state index contributed by atoms with van der Waals surface area (Å²) in [5.41, 5.74) is 6.83. The number of nitrogens with zero attached hydrogens (tertiary/aromatic N) is 2. The van der Waals surface area contributed by atoms with E-state index in [1.165, 1.54) is 4.90 Å². The summed E-state index contributed by atoms with van der Waals surface area (Å²) in [5, 5.41) is 0. The quantitative estimate of drug-likeness (QED) is 0.799. The predicted molar refractivity (Wildman–Crippen MR) is 51.0 cm³/mol. The number of aromatic nitrogens is 1. The van der Waals surface area contributed by atoms with E-state index >= 15 is 0 Å². The summed E-state index contributed by atoms with van der Waals surface area (Å²) in [6, 6.07) is 3.35. The van der Waals surface area contributed by atoms with Gasteiger partial charge in [0.15, 0.2) is 0 Å². The van der Waals surface area contributed by atoms with E-state index in [-0.39, 0.29) is 6.54 Å². The summed E-state index contributed by atoms with van der Waals surface area (Å²) in [7, 11) is 1.62. The Morgan fingerprint density at radius 1 is 1.57 bits per heavy atom. The maximum Gasteiger partial charge on any atom is 0.251 e. The van der Waals surface area contributed by atoms with Crippen LogP contribution in [0.15, 0.2) is 18.3 Å². The molecule has 5 heteroatoms. The Hall–Kier alpha value is -1.23. The first-order valence-electron chi connectivity index (χ1n) is 4.25. The molecule has 0 aliphatic carbocycles. The van der Waals surface area contributed by atoms with Crippen LogP contribution in [0.5, 0.6) is 0 Å². The molecule has 0 aliphatic heterocycles. The minimum Gasteiger partial charge on any atom is -0.399 e. The van der Waals surface area contributed by atoms with Gasteiger partial charge in [-0.25, -0.2) is 8.78 Å². The highest BCUT2D eigenvalue weighted by atomic mass is 19.3. The average Bonchev–Trinajstić information content (AvgIpc) is 2.01. The molecule has 0 radical (unpaired) electrons. The van der Waals surface area contributed by atoms with Crippen LogP contribution in [-0.4, -0.2) is 29.9 Å². The van der Waals surface area contributed by atoms with Crippen molar-refractivity contribution in [1.82, 2.24) is 9.88 Å². The van der Waals surface area contributed by atoms with Crippen LogP contribution in [0.25, 0.3) is 0 Å². The standard InChI is InChI=1S/C9H13F2N3/c1-14(6-9(10)11)5-8-4-7(12)2-3-13-8/h2-4,9H,5-6H2,1H3,(H2,12,13). The van der Waals surface area contributed by atoms with Gasteiger partial charge in [-0.15, -0.1) is 0 Å². The van der Waals surface area contributed by atoms with Crippen LogP contribution < -0.4 is 5.73 Å². The number of hydrogen-bond donors (Lipinski definition) is 1. The molecule has 3 nitrogen and oxygen atoms in total.